The SMILES string of the molecule is CN(C1CC2CCC(C1)N2)S(=O)(=O)c1ccc(C(F)(F)F)c(C#N)c1.Cl. The summed E-state index contributed by atoms with van der Waals surface area (Å²) in [5.41, 5.74) is -1.82. The van der Waals surface area contributed by atoms with Gasteiger partial charge in [0.15, 0.2) is 0 Å². The Kier molecular flexibility index (Phi) is 5.93. The maximum absolute atomic E-state index is 12.9. The number of halogens is 4. The molecule has 0 saturated carbocycles. The first-order chi connectivity index (χ1) is 11.6. The molecule has 1 aromatic rings. The Hall–Kier alpha value is -1.34. The summed E-state index contributed by atoms with van der Waals surface area (Å²) >= 11 is 0. The van der Waals surface area contributed by atoms with E-state index in [1.54, 1.807) is 0 Å². The van der Waals surface area contributed by atoms with Crippen LogP contribution in [0.4, 0.5) is 13.2 Å². The van der Waals surface area contributed by atoms with Gasteiger partial charge in [0.1, 0.15) is 0 Å². The summed E-state index contributed by atoms with van der Waals surface area (Å²) < 4.78 is 65.5. The van der Waals surface area contributed by atoms with Gasteiger partial charge in [-0.1, -0.05) is 0 Å². The van der Waals surface area contributed by atoms with E-state index < -0.39 is 27.3 Å². The van der Waals surface area contributed by atoms with E-state index in [-0.39, 0.29) is 35.4 Å². The molecule has 1 aromatic carbocycles. The van der Waals surface area contributed by atoms with Crippen LogP contribution < -0.4 is 5.32 Å². The molecule has 2 atom stereocenters. The minimum Gasteiger partial charge on any atom is -0.311 e. The average molecular weight is 410 g/mol. The minimum absolute atomic E-state index is 0. The van der Waals surface area contributed by atoms with Crippen molar-refractivity contribution in [3.8, 4) is 6.07 Å². The van der Waals surface area contributed by atoms with Crippen molar-refractivity contribution < 1.29 is 21.6 Å². The molecule has 2 aliphatic rings. The lowest BCUT2D eigenvalue weighted by Crippen LogP contribution is -2.48. The predicted molar refractivity (Wildman–Crippen MR) is 91.3 cm³/mol. The Balaban J connectivity index is 0.00000243. The van der Waals surface area contributed by atoms with Gasteiger partial charge in [0.05, 0.1) is 22.1 Å². The largest absolute Gasteiger partial charge is 0.417 e. The predicted octanol–water partition coefficient (Wildman–Crippen LogP) is 2.90. The van der Waals surface area contributed by atoms with Gasteiger partial charge >= 0.3 is 6.18 Å². The van der Waals surface area contributed by atoms with Crippen LogP contribution in [-0.4, -0.2) is 37.9 Å². The molecule has 5 nitrogen and oxygen atoms in total. The average Bonchev–Trinajstić information content (AvgIpc) is 2.90. The van der Waals surface area contributed by atoms with Crippen molar-refractivity contribution in [2.45, 2.75) is 54.9 Å². The number of fused-ring (bicyclic) bond motifs is 2. The molecule has 3 rings (SSSR count). The zero-order valence-electron chi connectivity index (χ0n) is 14.0. The first-order valence-electron chi connectivity index (χ1n) is 7.98. The van der Waals surface area contributed by atoms with Crippen LogP contribution in [0.25, 0.3) is 0 Å². The summed E-state index contributed by atoms with van der Waals surface area (Å²) in [6.07, 6.45) is -1.33. The Morgan fingerprint density at radius 1 is 1.23 bits per heavy atom. The standard InChI is InChI=1S/C16H18F3N3O2S.ClH/c1-22(13-7-11-2-3-12(8-13)21-11)25(23,24)14-4-5-15(16(17,18)19)10(6-14)9-20;/h4-6,11-13,21H,2-3,7-8H2,1H3;1H. The molecule has 10 heteroatoms. The third-order valence-corrected chi connectivity index (χ3v) is 6.96. The number of sulfonamides is 1. The van der Waals surface area contributed by atoms with E-state index in [9.17, 15) is 21.6 Å². The van der Waals surface area contributed by atoms with Gasteiger partial charge in [0, 0.05) is 25.2 Å². The number of benzene rings is 1. The number of hydrogen-bond donors (Lipinski definition) is 1. The number of hydrogen-bond acceptors (Lipinski definition) is 4. The van der Waals surface area contributed by atoms with Crippen molar-refractivity contribution in [3.63, 3.8) is 0 Å². The Morgan fingerprint density at radius 3 is 2.31 bits per heavy atom. The molecule has 0 radical (unpaired) electrons. The summed E-state index contributed by atoms with van der Waals surface area (Å²) in [5, 5.41) is 12.4. The number of nitrogens with one attached hydrogen (secondary N) is 1. The normalized spacial score (nSPS) is 25.6. The number of alkyl halides is 3. The molecule has 2 aliphatic heterocycles. The number of rotatable bonds is 3. The third-order valence-electron chi connectivity index (χ3n) is 5.06. The molecule has 2 bridgehead atoms. The highest BCUT2D eigenvalue weighted by Crippen LogP contribution is 2.35. The van der Waals surface area contributed by atoms with Crippen LogP contribution in [0.2, 0.25) is 0 Å². The number of nitriles is 1. The molecule has 2 saturated heterocycles. The number of piperidine rings is 1. The lowest BCUT2D eigenvalue weighted by atomic mass is 10.0. The zero-order valence-corrected chi connectivity index (χ0v) is 15.6. The van der Waals surface area contributed by atoms with Crippen molar-refractivity contribution in [1.29, 1.82) is 5.26 Å². The third kappa shape index (κ3) is 3.83. The second-order valence-corrected chi connectivity index (χ2v) is 8.60. The van der Waals surface area contributed by atoms with Crippen LogP contribution in [0.3, 0.4) is 0 Å². The molecule has 0 amide bonds. The Labute approximate surface area is 156 Å². The van der Waals surface area contributed by atoms with Crippen molar-refractivity contribution in [1.82, 2.24) is 9.62 Å². The minimum atomic E-state index is -4.70. The lowest BCUT2D eigenvalue weighted by Gasteiger charge is -2.34. The van der Waals surface area contributed by atoms with Gasteiger partial charge in [-0.2, -0.15) is 22.7 Å². The molecule has 2 heterocycles. The van der Waals surface area contributed by atoms with Gasteiger partial charge in [-0.05, 0) is 43.9 Å². The summed E-state index contributed by atoms with van der Waals surface area (Å²) in [5.74, 6) is 0. The molecule has 0 aromatic heterocycles. The van der Waals surface area contributed by atoms with Crippen LogP contribution in [0.15, 0.2) is 23.1 Å². The van der Waals surface area contributed by atoms with Gasteiger partial charge in [0.2, 0.25) is 10.0 Å². The monoisotopic (exact) mass is 409 g/mol. The second kappa shape index (κ2) is 7.35. The van der Waals surface area contributed by atoms with Crippen LogP contribution in [0.1, 0.15) is 36.8 Å². The molecule has 26 heavy (non-hydrogen) atoms. The van der Waals surface area contributed by atoms with Gasteiger partial charge < -0.3 is 5.32 Å². The van der Waals surface area contributed by atoms with Crippen LogP contribution in [0, 0.1) is 11.3 Å². The van der Waals surface area contributed by atoms with Gasteiger partial charge in [-0.3, -0.25) is 0 Å². The fraction of sp³-hybridized carbons (Fsp3) is 0.562. The highest BCUT2D eigenvalue weighted by molar-refractivity contribution is 7.89. The van der Waals surface area contributed by atoms with Crippen LogP contribution in [0.5, 0.6) is 0 Å². The van der Waals surface area contributed by atoms with E-state index in [4.69, 9.17) is 5.26 Å². The highest BCUT2D eigenvalue weighted by atomic mass is 35.5. The van der Waals surface area contributed by atoms with Gasteiger partial charge in [0.25, 0.3) is 0 Å². The van der Waals surface area contributed by atoms with E-state index >= 15 is 0 Å². The van der Waals surface area contributed by atoms with Crippen molar-refractivity contribution >= 4 is 22.4 Å². The maximum Gasteiger partial charge on any atom is 0.417 e. The molecule has 1 N–H and O–H groups in total. The Bertz CT molecular complexity index is 811. The van der Waals surface area contributed by atoms with Crippen molar-refractivity contribution in [2.24, 2.45) is 0 Å². The van der Waals surface area contributed by atoms with Crippen LogP contribution in [-0.2, 0) is 16.2 Å². The Morgan fingerprint density at radius 2 is 1.81 bits per heavy atom. The van der Waals surface area contributed by atoms with E-state index in [2.05, 4.69) is 5.32 Å². The van der Waals surface area contributed by atoms with Gasteiger partial charge in [-0.25, -0.2) is 8.42 Å². The summed E-state index contributed by atoms with van der Waals surface area (Å²) in [6.45, 7) is 0. The van der Waals surface area contributed by atoms with E-state index in [1.807, 2.05) is 0 Å². The quantitative estimate of drug-likeness (QED) is 0.833. The molecule has 0 spiro atoms. The first-order valence-corrected chi connectivity index (χ1v) is 9.42. The summed E-state index contributed by atoms with van der Waals surface area (Å²) in [7, 11) is -2.51. The molecule has 144 valence electrons. The smallest absolute Gasteiger partial charge is 0.311 e. The van der Waals surface area contributed by atoms with E-state index in [0.717, 1.165) is 25.0 Å². The second-order valence-electron chi connectivity index (χ2n) is 6.60. The summed E-state index contributed by atoms with van der Waals surface area (Å²) in [4.78, 5) is -0.287. The maximum atomic E-state index is 12.9. The lowest BCUT2D eigenvalue weighted by molar-refractivity contribution is -0.137. The molecular formula is C16H19ClF3N3O2S. The zero-order chi connectivity index (χ0) is 18.4. The fourth-order valence-electron chi connectivity index (χ4n) is 3.71. The van der Waals surface area contributed by atoms with Crippen molar-refractivity contribution in [3.05, 3.63) is 29.3 Å². The van der Waals surface area contributed by atoms with E-state index in [0.29, 0.717) is 18.9 Å². The van der Waals surface area contributed by atoms with Gasteiger partial charge in [-0.15, -0.1) is 12.4 Å². The van der Waals surface area contributed by atoms with E-state index in [1.165, 1.54) is 17.4 Å². The molecule has 2 unspecified atom stereocenters. The molecule has 0 aliphatic carbocycles. The topological polar surface area (TPSA) is 73.2 Å². The first kappa shape index (κ1) is 21.0. The molecular weight excluding hydrogens is 391 g/mol. The highest BCUT2D eigenvalue weighted by Gasteiger charge is 2.39. The van der Waals surface area contributed by atoms with Crippen molar-refractivity contribution in [2.75, 3.05) is 7.05 Å². The fourth-order valence-corrected chi connectivity index (χ4v) is 5.11. The summed E-state index contributed by atoms with van der Waals surface area (Å²) in [6, 6.07) is 4.20. The van der Waals surface area contributed by atoms with Crippen LogP contribution >= 0.6 is 12.4 Å². The molecule has 2 fully saturated rings. The number of nitrogens with zero attached hydrogens (tertiary/aromatic N) is 2.